The molecule has 0 bridgehead atoms. The first-order valence-electron chi connectivity index (χ1n) is 7.93. The summed E-state index contributed by atoms with van der Waals surface area (Å²) in [7, 11) is 0. The van der Waals surface area contributed by atoms with Crippen LogP contribution in [0.4, 0.5) is 0 Å². The summed E-state index contributed by atoms with van der Waals surface area (Å²) in [5, 5.41) is 0. The minimum absolute atomic E-state index is 0.702. The van der Waals surface area contributed by atoms with Crippen molar-refractivity contribution in [2.24, 2.45) is 5.73 Å². The Morgan fingerprint density at radius 2 is 2.25 bits per heavy atom. The number of benzene rings is 1. The van der Waals surface area contributed by atoms with Crippen LogP contribution in [-0.2, 0) is 0 Å². The summed E-state index contributed by atoms with van der Waals surface area (Å²) in [6.45, 7) is 6.07. The van der Waals surface area contributed by atoms with Gasteiger partial charge in [0, 0.05) is 12.6 Å². The monoisotopic (exact) mass is 276 g/mol. The van der Waals surface area contributed by atoms with Gasteiger partial charge in [0.05, 0.1) is 6.61 Å². The summed E-state index contributed by atoms with van der Waals surface area (Å²) < 4.78 is 5.82. The van der Waals surface area contributed by atoms with Crippen molar-refractivity contribution in [3.05, 3.63) is 29.8 Å². The molecule has 0 spiro atoms. The Balaban J connectivity index is 1.69. The fraction of sp³-hybridized carbons (Fsp3) is 0.647. The minimum atomic E-state index is 0.702. The normalized spacial score (nSPS) is 20.0. The number of rotatable bonds is 7. The lowest BCUT2D eigenvalue weighted by Gasteiger charge is -2.35. The van der Waals surface area contributed by atoms with Crippen LogP contribution in [0.15, 0.2) is 24.3 Å². The predicted octanol–water partition coefficient (Wildman–Crippen LogP) is 2.97. The highest BCUT2D eigenvalue weighted by Crippen LogP contribution is 2.19. The molecular formula is C17H28N2O. The molecule has 1 aliphatic rings. The number of aryl methyl sites for hydroxylation is 1. The van der Waals surface area contributed by atoms with E-state index >= 15 is 0 Å². The summed E-state index contributed by atoms with van der Waals surface area (Å²) in [5.41, 5.74) is 6.97. The summed E-state index contributed by atoms with van der Waals surface area (Å²) in [6, 6.07) is 8.97. The van der Waals surface area contributed by atoms with Gasteiger partial charge in [-0.2, -0.15) is 0 Å². The summed E-state index contributed by atoms with van der Waals surface area (Å²) >= 11 is 0. The van der Waals surface area contributed by atoms with Crippen LogP contribution < -0.4 is 10.5 Å². The van der Waals surface area contributed by atoms with Crippen molar-refractivity contribution in [3.63, 3.8) is 0 Å². The minimum Gasteiger partial charge on any atom is -0.494 e. The van der Waals surface area contributed by atoms with E-state index in [1.165, 1.54) is 31.4 Å². The SMILES string of the molecule is Cc1cccc(OCCCN2CCCCC2CCN)c1. The van der Waals surface area contributed by atoms with Crippen LogP contribution in [0.5, 0.6) is 5.75 Å². The van der Waals surface area contributed by atoms with E-state index in [1.807, 2.05) is 12.1 Å². The number of piperidine rings is 1. The topological polar surface area (TPSA) is 38.5 Å². The number of nitrogens with zero attached hydrogens (tertiary/aromatic N) is 1. The van der Waals surface area contributed by atoms with Gasteiger partial charge in [0.25, 0.3) is 0 Å². The van der Waals surface area contributed by atoms with E-state index in [2.05, 4.69) is 24.0 Å². The van der Waals surface area contributed by atoms with Gasteiger partial charge in [-0.15, -0.1) is 0 Å². The number of hydrogen-bond acceptors (Lipinski definition) is 3. The molecule has 1 saturated heterocycles. The molecule has 112 valence electrons. The Bertz CT molecular complexity index is 392. The molecule has 3 nitrogen and oxygen atoms in total. The van der Waals surface area contributed by atoms with Gasteiger partial charge in [0.2, 0.25) is 0 Å². The van der Waals surface area contributed by atoms with Crippen LogP contribution in [0.25, 0.3) is 0 Å². The van der Waals surface area contributed by atoms with E-state index in [4.69, 9.17) is 10.5 Å². The van der Waals surface area contributed by atoms with Crippen molar-refractivity contribution < 1.29 is 4.74 Å². The molecule has 1 aliphatic heterocycles. The highest BCUT2D eigenvalue weighted by Gasteiger charge is 2.20. The van der Waals surface area contributed by atoms with Gasteiger partial charge in [-0.05, 0) is 63.4 Å². The number of hydrogen-bond donors (Lipinski definition) is 1. The van der Waals surface area contributed by atoms with E-state index in [9.17, 15) is 0 Å². The van der Waals surface area contributed by atoms with Crippen molar-refractivity contribution in [1.29, 1.82) is 0 Å². The molecule has 3 heteroatoms. The average molecular weight is 276 g/mol. The van der Waals surface area contributed by atoms with Crippen LogP contribution in [0.1, 0.15) is 37.7 Å². The summed E-state index contributed by atoms with van der Waals surface area (Å²) in [5.74, 6) is 0.988. The zero-order valence-corrected chi connectivity index (χ0v) is 12.7. The zero-order valence-electron chi connectivity index (χ0n) is 12.7. The lowest BCUT2D eigenvalue weighted by atomic mass is 9.99. The Kier molecular flexibility index (Phi) is 6.34. The zero-order chi connectivity index (χ0) is 14.2. The first-order chi connectivity index (χ1) is 9.79. The lowest BCUT2D eigenvalue weighted by molar-refractivity contribution is 0.132. The molecule has 1 unspecified atom stereocenters. The van der Waals surface area contributed by atoms with E-state index in [0.29, 0.717) is 6.04 Å². The van der Waals surface area contributed by atoms with Crippen molar-refractivity contribution in [2.75, 3.05) is 26.2 Å². The molecule has 1 aromatic carbocycles. The average Bonchev–Trinajstić information content (AvgIpc) is 2.46. The molecule has 1 fully saturated rings. The van der Waals surface area contributed by atoms with E-state index in [1.54, 1.807) is 0 Å². The lowest BCUT2D eigenvalue weighted by Crippen LogP contribution is -2.41. The summed E-state index contributed by atoms with van der Waals surface area (Å²) in [4.78, 5) is 2.61. The highest BCUT2D eigenvalue weighted by molar-refractivity contribution is 5.27. The maximum atomic E-state index is 5.82. The summed E-state index contributed by atoms with van der Waals surface area (Å²) in [6.07, 6.45) is 6.24. The molecule has 0 aromatic heterocycles. The fourth-order valence-electron chi connectivity index (χ4n) is 3.04. The van der Waals surface area contributed by atoms with Crippen LogP contribution in [0.2, 0.25) is 0 Å². The molecule has 20 heavy (non-hydrogen) atoms. The Morgan fingerprint density at radius 3 is 3.05 bits per heavy atom. The molecule has 0 amide bonds. The first-order valence-corrected chi connectivity index (χ1v) is 7.93. The first kappa shape index (κ1) is 15.3. The molecule has 1 atom stereocenters. The molecule has 0 saturated carbocycles. The van der Waals surface area contributed by atoms with Gasteiger partial charge in [0.15, 0.2) is 0 Å². The smallest absolute Gasteiger partial charge is 0.119 e. The molecule has 1 heterocycles. The van der Waals surface area contributed by atoms with Crippen LogP contribution in [-0.4, -0.2) is 37.2 Å². The van der Waals surface area contributed by atoms with E-state index in [0.717, 1.165) is 38.3 Å². The van der Waals surface area contributed by atoms with Crippen LogP contribution in [0, 0.1) is 6.92 Å². The van der Waals surface area contributed by atoms with Crippen molar-refractivity contribution in [2.45, 2.75) is 45.1 Å². The number of nitrogens with two attached hydrogens (primary N) is 1. The third-order valence-corrected chi connectivity index (χ3v) is 4.10. The second-order valence-corrected chi connectivity index (χ2v) is 5.78. The van der Waals surface area contributed by atoms with Crippen LogP contribution >= 0.6 is 0 Å². The number of likely N-dealkylation sites (tertiary alicyclic amines) is 1. The maximum absolute atomic E-state index is 5.82. The standard InChI is InChI=1S/C17H28N2O/c1-15-6-4-8-17(14-15)20-13-5-12-19-11-3-2-7-16(19)9-10-18/h4,6,8,14,16H,2-3,5,7,9-13,18H2,1H3. The number of ether oxygens (including phenoxy) is 1. The fourth-order valence-corrected chi connectivity index (χ4v) is 3.04. The molecule has 1 aromatic rings. The second kappa shape index (κ2) is 8.28. The van der Waals surface area contributed by atoms with Crippen molar-refractivity contribution in [3.8, 4) is 5.75 Å². The van der Waals surface area contributed by atoms with Gasteiger partial charge < -0.3 is 15.4 Å². The van der Waals surface area contributed by atoms with Gasteiger partial charge in [-0.1, -0.05) is 18.6 Å². The van der Waals surface area contributed by atoms with Crippen molar-refractivity contribution >= 4 is 0 Å². The van der Waals surface area contributed by atoms with Gasteiger partial charge >= 0.3 is 0 Å². The van der Waals surface area contributed by atoms with E-state index < -0.39 is 0 Å². The third kappa shape index (κ3) is 4.80. The Hall–Kier alpha value is -1.06. The molecule has 0 aliphatic carbocycles. The van der Waals surface area contributed by atoms with Gasteiger partial charge in [0.1, 0.15) is 5.75 Å². The molecule has 2 N–H and O–H groups in total. The quantitative estimate of drug-likeness (QED) is 0.778. The molecule has 0 radical (unpaired) electrons. The Morgan fingerprint density at radius 1 is 1.35 bits per heavy atom. The maximum Gasteiger partial charge on any atom is 0.119 e. The van der Waals surface area contributed by atoms with Gasteiger partial charge in [-0.25, -0.2) is 0 Å². The second-order valence-electron chi connectivity index (χ2n) is 5.78. The predicted molar refractivity (Wildman–Crippen MR) is 84.2 cm³/mol. The molecular weight excluding hydrogens is 248 g/mol. The third-order valence-electron chi connectivity index (χ3n) is 4.10. The van der Waals surface area contributed by atoms with Gasteiger partial charge in [-0.3, -0.25) is 0 Å². The van der Waals surface area contributed by atoms with Crippen LogP contribution in [0.3, 0.4) is 0 Å². The largest absolute Gasteiger partial charge is 0.494 e. The van der Waals surface area contributed by atoms with E-state index in [-0.39, 0.29) is 0 Å². The van der Waals surface area contributed by atoms with Crippen molar-refractivity contribution in [1.82, 2.24) is 4.90 Å². The Labute approximate surface area is 123 Å². The highest BCUT2D eigenvalue weighted by atomic mass is 16.5. The molecule has 2 rings (SSSR count).